The summed E-state index contributed by atoms with van der Waals surface area (Å²) in [6.07, 6.45) is 0.491. The van der Waals surface area contributed by atoms with Gasteiger partial charge in [0.15, 0.2) is 0 Å². The second kappa shape index (κ2) is 11.4. The Labute approximate surface area is 241 Å². The van der Waals surface area contributed by atoms with Crippen LogP contribution in [0.1, 0.15) is 56.5 Å². The number of methoxy groups -OCH3 is 1. The van der Waals surface area contributed by atoms with Crippen LogP contribution < -0.4 is 10.1 Å². The van der Waals surface area contributed by atoms with Gasteiger partial charge in [-0.05, 0) is 60.6 Å². The molecule has 2 aromatic carbocycles. The van der Waals surface area contributed by atoms with Crippen molar-refractivity contribution in [2.24, 2.45) is 29.1 Å². The monoisotopic (exact) mass is 566 g/mol. The molecule has 0 unspecified atom stereocenters. The number of hydroxylamine groups is 2. The maximum atomic E-state index is 14.0. The Morgan fingerprint density at radius 1 is 1.20 bits per heavy atom. The van der Waals surface area contributed by atoms with Crippen LogP contribution in [0.5, 0.6) is 5.75 Å². The van der Waals surface area contributed by atoms with E-state index in [1.165, 1.54) is 12.5 Å². The zero-order valence-electron chi connectivity index (χ0n) is 24.4. The summed E-state index contributed by atoms with van der Waals surface area (Å²) >= 11 is 0. The molecule has 3 aliphatic carbocycles. The van der Waals surface area contributed by atoms with Crippen molar-refractivity contribution < 1.29 is 34.5 Å². The van der Waals surface area contributed by atoms with Crippen LogP contribution in [0.2, 0.25) is 0 Å². The SMILES string of the molecule is COc1c(CN2O[C@@H](CO)[C@@H]([C@H](C)O)[C@H]2C(=O)N[C@H]2C[C@H]3C[C@@H]([C@@H]2C)C3(C)C)cccc1-c1cccc(C(=O)O)c1. The molecule has 2 bridgehead atoms. The number of ether oxygens (including phenoxy) is 1. The van der Waals surface area contributed by atoms with Gasteiger partial charge in [0.1, 0.15) is 17.9 Å². The summed E-state index contributed by atoms with van der Waals surface area (Å²) in [7, 11) is 1.55. The van der Waals surface area contributed by atoms with E-state index in [9.17, 15) is 24.9 Å². The Balaban J connectivity index is 1.43. The molecule has 4 aliphatic rings. The zero-order valence-corrected chi connectivity index (χ0v) is 24.4. The van der Waals surface area contributed by atoms with Crippen LogP contribution in [-0.2, 0) is 16.2 Å². The first-order valence-electron chi connectivity index (χ1n) is 14.5. The molecule has 0 radical (unpaired) electrons. The molecule has 4 N–H and O–H groups in total. The number of benzene rings is 2. The average molecular weight is 567 g/mol. The lowest BCUT2D eigenvalue weighted by atomic mass is 9.45. The van der Waals surface area contributed by atoms with Gasteiger partial charge in [-0.2, -0.15) is 5.06 Å². The summed E-state index contributed by atoms with van der Waals surface area (Å²) in [5.74, 6) is 0.141. The smallest absolute Gasteiger partial charge is 0.335 e. The molecule has 1 heterocycles. The van der Waals surface area contributed by atoms with E-state index in [1.807, 2.05) is 24.3 Å². The first-order valence-corrected chi connectivity index (χ1v) is 14.5. The van der Waals surface area contributed by atoms with Crippen LogP contribution in [-0.4, -0.2) is 70.3 Å². The number of carboxylic acids is 1. The molecule has 1 saturated heterocycles. The molecule has 222 valence electrons. The minimum atomic E-state index is -1.02. The molecule has 0 aromatic heterocycles. The summed E-state index contributed by atoms with van der Waals surface area (Å²) in [5.41, 5.74) is 2.57. The number of nitrogens with zero attached hydrogens (tertiary/aromatic N) is 1. The molecule has 1 amide bonds. The number of para-hydroxylation sites is 1. The standard InChI is InChI=1S/C32H42N2O7/c1-17-24-13-22(32(24,3)4)14-25(17)33-30(37)28-27(18(2)36)26(16-35)41-34(28)15-21-10-7-11-23(29(21)40-5)19-8-6-9-20(12-19)31(38)39/h6-12,17-18,22,24-28,35-36H,13-16H2,1-5H3,(H,33,37)(H,38,39)/t17-,18-,22+,24-,25-,26-,27+,28-/m0/s1. The fourth-order valence-electron chi connectivity index (χ4n) is 7.65. The van der Waals surface area contributed by atoms with Gasteiger partial charge in [0, 0.05) is 23.1 Å². The number of aliphatic hydroxyl groups excluding tert-OH is 2. The molecule has 4 fully saturated rings. The van der Waals surface area contributed by atoms with Crippen molar-refractivity contribution in [2.75, 3.05) is 13.7 Å². The molecule has 3 saturated carbocycles. The second-order valence-electron chi connectivity index (χ2n) is 12.6. The zero-order chi connectivity index (χ0) is 29.6. The van der Waals surface area contributed by atoms with Crippen molar-refractivity contribution in [1.29, 1.82) is 0 Å². The fraction of sp³-hybridized carbons (Fsp3) is 0.562. The van der Waals surface area contributed by atoms with Crippen LogP contribution in [0.25, 0.3) is 11.1 Å². The number of carboxylic acid groups (broad SMARTS) is 1. The normalized spacial score (nSPS) is 31.2. The third kappa shape index (κ3) is 5.25. The number of nitrogens with one attached hydrogen (secondary N) is 1. The Morgan fingerprint density at radius 3 is 2.54 bits per heavy atom. The lowest BCUT2D eigenvalue weighted by molar-refractivity contribution is -0.183. The van der Waals surface area contributed by atoms with Gasteiger partial charge in [0.25, 0.3) is 0 Å². The summed E-state index contributed by atoms with van der Waals surface area (Å²) in [4.78, 5) is 31.6. The van der Waals surface area contributed by atoms with Crippen LogP contribution in [0.4, 0.5) is 0 Å². The summed E-state index contributed by atoms with van der Waals surface area (Å²) in [6.45, 7) is 8.30. The van der Waals surface area contributed by atoms with Crippen LogP contribution >= 0.6 is 0 Å². The van der Waals surface area contributed by atoms with E-state index in [4.69, 9.17) is 9.57 Å². The van der Waals surface area contributed by atoms with Gasteiger partial charge < -0.3 is 25.4 Å². The predicted molar refractivity (Wildman–Crippen MR) is 153 cm³/mol. The van der Waals surface area contributed by atoms with Crippen molar-refractivity contribution in [3.63, 3.8) is 0 Å². The van der Waals surface area contributed by atoms with Gasteiger partial charge in [0.05, 0.1) is 31.9 Å². The number of rotatable bonds is 9. The molecule has 8 atom stereocenters. The lowest BCUT2D eigenvalue weighted by Gasteiger charge is -2.62. The Morgan fingerprint density at radius 2 is 1.93 bits per heavy atom. The molecule has 0 spiro atoms. The van der Waals surface area contributed by atoms with Crippen molar-refractivity contribution in [2.45, 2.75) is 71.4 Å². The number of aromatic carboxylic acids is 1. The Kier molecular flexibility index (Phi) is 8.18. The van der Waals surface area contributed by atoms with E-state index >= 15 is 0 Å². The quantitative estimate of drug-likeness (QED) is 0.362. The van der Waals surface area contributed by atoms with Crippen LogP contribution in [0.15, 0.2) is 42.5 Å². The molecule has 1 aliphatic heterocycles. The molecular weight excluding hydrogens is 524 g/mol. The molecule has 41 heavy (non-hydrogen) atoms. The minimum absolute atomic E-state index is 0.0447. The van der Waals surface area contributed by atoms with E-state index in [-0.39, 0.29) is 30.7 Å². The van der Waals surface area contributed by atoms with Crippen molar-refractivity contribution in [1.82, 2.24) is 10.4 Å². The topological polar surface area (TPSA) is 129 Å². The van der Waals surface area contributed by atoms with E-state index in [2.05, 4.69) is 26.1 Å². The minimum Gasteiger partial charge on any atom is -0.496 e. The number of hydrogen-bond donors (Lipinski definition) is 4. The number of carbonyl (C=O) groups excluding carboxylic acids is 1. The van der Waals surface area contributed by atoms with Crippen LogP contribution in [0, 0.1) is 29.1 Å². The Hall–Kier alpha value is -2.98. The highest BCUT2D eigenvalue weighted by Gasteiger charge is 2.57. The second-order valence-corrected chi connectivity index (χ2v) is 12.6. The van der Waals surface area contributed by atoms with E-state index < -0.39 is 30.1 Å². The van der Waals surface area contributed by atoms with Gasteiger partial charge in [-0.1, -0.05) is 51.1 Å². The highest BCUT2D eigenvalue weighted by atomic mass is 16.7. The maximum Gasteiger partial charge on any atom is 0.335 e. The average Bonchev–Trinajstić information content (AvgIpc) is 3.32. The van der Waals surface area contributed by atoms with E-state index in [1.54, 1.807) is 31.2 Å². The molecule has 6 rings (SSSR count). The van der Waals surface area contributed by atoms with Gasteiger partial charge in [-0.15, -0.1) is 0 Å². The number of carbonyl (C=O) groups is 2. The van der Waals surface area contributed by atoms with Gasteiger partial charge in [0.2, 0.25) is 5.91 Å². The number of amides is 1. The lowest BCUT2D eigenvalue weighted by Crippen LogP contribution is -2.62. The third-order valence-corrected chi connectivity index (χ3v) is 10.1. The largest absolute Gasteiger partial charge is 0.496 e. The number of aliphatic hydroxyl groups is 2. The Bertz CT molecular complexity index is 1290. The summed E-state index contributed by atoms with van der Waals surface area (Å²) in [5, 5.41) is 35.2. The predicted octanol–water partition coefficient (Wildman–Crippen LogP) is 3.72. The van der Waals surface area contributed by atoms with Gasteiger partial charge >= 0.3 is 5.97 Å². The first kappa shape index (κ1) is 29.5. The van der Waals surface area contributed by atoms with Crippen molar-refractivity contribution in [3.8, 4) is 16.9 Å². The molecular formula is C32H42N2O7. The third-order valence-electron chi connectivity index (χ3n) is 10.1. The first-order chi connectivity index (χ1) is 19.5. The fourth-order valence-corrected chi connectivity index (χ4v) is 7.65. The maximum absolute atomic E-state index is 14.0. The summed E-state index contributed by atoms with van der Waals surface area (Å²) < 4.78 is 5.81. The highest BCUT2D eigenvalue weighted by Crippen LogP contribution is 2.61. The molecule has 2 aromatic rings. The van der Waals surface area contributed by atoms with Gasteiger partial charge in [-0.3, -0.25) is 9.63 Å². The van der Waals surface area contributed by atoms with E-state index in [0.717, 1.165) is 12.0 Å². The van der Waals surface area contributed by atoms with Crippen molar-refractivity contribution in [3.05, 3.63) is 53.6 Å². The summed E-state index contributed by atoms with van der Waals surface area (Å²) in [6, 6.07) is 11.4. The highest BCUT2D eigenvalue weighted by molar-refractivity contribution is 5.90. The number of hydrogen-bond acceptors (Lipinski definition) is 7. The molecule has 9 nitrogen and oxygen atoms in total. The molecule has 9 heteroatoms. The number of fused-ring (bicyclic) bond motifs is 2. The van der Waals surface area contributed by atoms with Gasteiger partial charge in [-0.25, -0.2) is 4.79 Å². The van der Waals surface area contributed by atoms with Crippen molar-refractivity contribution >= 4 is 11.9 Å². The van der Waals surface area contributed by atoms with Crippen LogP contribution in [0.3, 0.4) is 0 Å². The van der Waals surface area contributed by atoms with E-state index in [0.29, 0.717) is 40.0 Å².